The second-order valence-electron chi connectivity index (χ2n) is 10.1. The Labute approximate surface area is 215 Å². The Morgan fingerprint density at radius 2 is 1.83 bits per heavy atom. The number of amides is 3. The third-order valence-electron chi connectivity index (χ3n) is 7.76. The number of fused-ring (bicyclic) bond motifs is 1. The molecule has 1 aliphatic carbocycles. The summed E-state index contributed by atoms with van der Waals surface area (Å²) in [6.45, 7) is 2.50. The first-order chi connectivity index (χ1) is 16.8. The highest BCUT2D eigenvalue weighted by Gasteiger charge is 2.72. The molecule has 3 fully saturated rings. The Hall–Kier alpha value is -2.09. The van der Waals surface area contributed by atoms with Crippen molar-refractivity contribution in [2.75, 3.05) is 11.9 Å². The number of anilines is 1. The van der Waals surface area contributed by atoms with Crippen LogP contribution in [0.3, 0.4) is 0 Å². The topological polar surface area (TPSA) is 87.7 Å². The zero-order chi connectivity index (χ0) is 24.7. The number of unbranched alkanes of at least 4 members (excludes halogenated alkanes) is 1. The van der Waals surface area contributed by atoms with E-state index in [1.54, 1.807) is 23.1 Å². The molecule has 1 spiro atoms. The number of ether oxygens (including phenoxy) is 1. The highest BCUT2D eigenvalue weighted by atomic mass is 35.5. The lowest BCUT2D eigenvalue weighted by Gasteiger charge is -2.34. The van der Waals surface area contributed by atoms with Gasteiger partial charge in [0.1, 0.15) is 11.6 Å². The Morgan fingerprint density at radius 3 is 2.51 bits per heavy atom. The van der Waals surface area contributed by atoms with Crippen LogP contribution in [0, 0.1) is 11.8 Å². The minimum atomic E-state index is -1.14. The summed E-state index contributed by atoms with van der Waals surface area (Å²) in [6.07, 6.45) is 10.0. The van der Waals surface area contributed by atoms with Crippen LogP contribution >= 0.6 is 23.2 Å². The van der Waals surface area contributed by atoms with E-state index in [2.05, 4.69) is 10.6 Å². The minimum absolute atomic E-state index is 0.115. The molecule has 5 unspecified atom stereocenters. The van der Waals surface area contributed by atoms with Crippen LogP contribution in [0.5, 0.6) is 0 Å². The summed E-state index contributed by atoms with van der Waals surface area (Å²) >= 11 is 12.2. The van der Waals surface area contributed by atoms with Crippen molar-refractivity contribution in [3.8, 4) is 0 Å². The number of hydrogen-bond acceptors (Lipinski definition) is 4. The van der Waals surface area contributed by atoms with Crippen molar-refractivity contribution in [1.29, 1.82) is 0 Å². The van der Waals surface area contributed by atoms with Crippen molar-refractivity contribution in [3.63, 3.8) is 0 Å². The molecule has 35 heavy (non-hydrogen) atoms. The monoisotopic (exact) mass is 519 g/mol. The lowest BCUT2D eigenvalue weighted by atomic mass is 9.74. The zero-order valence-corrected chi connectivity index (χ0v) is 21.3. The van der Waals surface area contributed by atoms with Crippen LogP contribution in [0.2, 0.25) is 10.0 Å². The molecule has 1 aromatic carbocycles. The second kappa shape index (κ2) is 9.75. The van der Waals surface area contributed by atoms with E-state index in [0.717, 1.165) is 38.5 Å². The maximum Gasteiger partial charge on any atom is 0.246 e. The molecule has 3 aliphatic heterocycles. The number of likely N-dealkylation sites (tertiary alicyclic amines) is 1. The lowest BCUT2D eigenvalue weighted by molar-refractivity contribution is -0.141. The molecule has 3 amide bonds. The van der Waals surface area contributed by atoms with Crippen molar-refractivity contribution >= 4 is 46.6 Å². The van der Waals surface area contributed by atoms with Gasteiger partial charge >= 0.3 is 0 Å². The average molecular weight is 520 g/mol. The molecule has 2 saturated heterocycles. The molecule has 2 N–H and O–H groups in total. The van der Waals surface area contributed by atoms with Gasteiger partial charge in [0, 0.05) is 28.3 Å². The molecular weight excluding hydrogens is 489 g/mol. The summed E-state index contributed by atoms with van der Waals surface area (Å²) in [5.41, 5.74) is -0.685. The van der Waals surface area contributed by atoms with Gasteiger partial charge in [-0.05, 0) is 37.5 Å². The van der Waals surface area contributed by atoms with Crippen LogP contribution in [0.15, 0.2) is 30.4 Å². The number of rotatable bonds is 7. The quantitative estimate of drug-likeness (QED) is 0.524. The molecule has 3 heterocycles. The smallest absolute Gasteiger partial charge is 0.246 e. The Kier molecular flexibility index (Phi) is 6.85. The number of benzene rings is 1. The number of carbonyl (C=O) groups excluding carboxylic acids is 3. The van der Waals surface area contributed by atoms with E-state index in [-0.39, 0.29) is 23.8 Å². The van der Waals surface area contributed by atoms with Crippen molar-refractivity contribution < 1.29 is 19.1 Å². The molecule has 0 radical (unpaired) electrons. The largest absolute Gasteiger partial charge is 0.359 e. The number of carbonyl (C=O) groups is 3. The third-order valence-corrected chi connectivity index (χ3v) is 8.20. The molecule has 1 saturated carbocycles. The van der Waals surface area contributed by atoms with Crippen molar-refractivity contribution in [3.05, 3.63) is 40.4 Å². The zero-order valence-electron chi connectivity index (χ0n) is 19.8. The first kappa shape index (κ1) is 24.6. The van der Waals surface area contributed by atoms with E-state index in [1.165, 1.54) is 6.42 Å². The number of halogens is 2. The van der Waals surface area contributed by atoms with E-state index < -0.39 is 29.6 Å². The van der Waals surface area contributed by atoms with Crippen LogP contribution in [0.25, 0.3) is 0 Å². The van der Waals surface area contributed by atoms with Crippen LogP contribution in [0.1, 0.15) is 51.9 Å². The number of nitrogens with one attached hydrogen (secondary N) is 2. The normalized spacial score (nSPS) is 31.6. The summed E-state index contributed by atoms with van der Waals surface area (Å²) in [7, 11) is 0. The van der Waals surface area contributed by atoms with E-state index in [4.69, 9.17) is 27.9 Å². The summed E-state index contributed by atoms with van der Waals surface area (Å²) in [4.78, 5) is 42.5. The summed E-state index contributed by atoms with van der Waals surface area (Å²) in [6, 6.07) is 4.13. The van der Waals surface area contributed by atoms with Crippen molar-refractivity contribution in [1.82, 2.24) is 10.2 Å². The SMILES string of the molecule is CCCCN1C(=O)C2C(C(=O)Nc3cc(Cl)cc(Cl)c3)C3C=CC2(O3)C1C(=O)NC1CCCCC1. The first-order valence-electron chi connectivity index (χ1n) is 12.6. The summed E-state index contributed by atoms with van der Waals surface area (Å²) in [5.74, 6) is -2.23. The van der Waals surface area contributed by atoms with Gasteiger partial charge in [0.2, 0.25) is 17.7 Å². The standard InChI is InChI=1S/C26H31Cl2N3O4/c1-2-3-11-31-22(24(33)29-17-7-5-4-6-8-17)26-10-9-19(35-26)20(21(26)25(31)34)23(32)30-18-13-15(27)12-16(28)14-18/h9-10,12-14,17,19-22H,2-8,11H2,1H3,(H,29,33)(H,30,32). The Bertz CT molecular complexity index is 1040. The number of nitrogens with zero attached hydrogens (tertiary/aromatic N) is 1. The van der Waals surface area contributed by atoms with Gasteiger partial charge in [-0.3, -0.25) is 14.4 Å². The predicted octanol–water partition coefficient (Wildman–Crippen LogP) is 4.33. The molecule has 5 rings (SSSR count). The first-order valence-corrected chi connectivity index (χ1v) is 13.3. The second-order valence-corrected chi connectivity index (χ2v) is 11.0. The van der Waals surface area contributed by atoms with Crippen LogP contribution in [-0.2, 0) is 19.1 Å². The van der Waals surface area contributed by atoms with Gasteiger partial charge in [0.15, 0.2) is 0 Å². The molecule has 7 nitrogen and oxygen atoms in total. The maximum atomic E-state index is 13.8. The van der Waals surface area contributed by atoms with Gasteiger partial charge in [-0.2, -0.15) is 0 Å². The average Bonchev–Trinajstić information content (AvgIpc) is 3.45. The molecule has 0 aromatic heterocycles. The van der Waals surface area contributed by atoms with Gasteiger partial charge in [-0.25, -0.2) is 0 Å². The fraction of sp³-hybridized carbons (Fsp3) is 0.577. The maximum absolute atomic E-state index is 13.8. The van der Waals surface area contributed by atoms with Crippen molar-refractivity contribution in [2.45, 2.75) is 75.7 Å². The van der Waals surface area contributed by atoms with E-state index >= 15 is 0 Å². The van der Waals surface area contributed by atoms with Gasteiger partial charge in [0.05, 0.1) is 17.9 Å². The third kappa shape index (κ3) is 4.36. The van der Waals surface area contributed by atoms with E-state index in [1.807, 2.05) is 19.1 Å². The minimum Gasteiger partial charge on any atom is -0.359 e. The summed E-state index contributed by atoms with van der Waals surface area (Å²) in [5, 5.41) is 6.85. The molecule has 1 aromatic rings. The van der Waals surface area contributed by atoms with E-state index in [9.17, 15) is 14.4 Å². The Balaban J connectivity index is 1.43. The van der Waals surface area contributed by atoms with E-state index in [0.29, 0.717) is 22.3 Å². The highest BCUT2D eigenvalue weighted by molar-refractivity contribution is 6.35. The van der Waals surface area contributed by atoms with Crippen molar-refractivity contribution in [2.24, 2.45) is 11.8 Å². The number of hydrogen-bond donors (Lipinski definition) is 2. The Morgan fingerprint density at radius 1 is 1.11 bits per heavy atom. The molecule has 5 atom stereocenters. The highest BCUT2D eigenvalue weighted by Crippen LogP contribution is 2.55. The fourth-order valence-electron chi connectivity index (χ4n) is 6.21. The molecule has 2 bridgehead atoms. The van der Waals surface area contributed by atoms with Crippen LogP contribution < -0.4 is 10.6 Å². The molecular formula is C26H31Cl2N3O4. The summed E-state index contributed by atoms with van der Waals surface area (Å²) < 4.78 is 6.36. The molecule has 188 valence electrons. The van der Waals surface area contributed by atoms with Gasteiger partial charge in [0.25, 0.3) is 0 Å². The van der Waals surface area contributed by atoms with Gasteiger partial charge in [-0.15, -0.1) is 0 Å². The van der Waals surface area contributed by atoms with Gasteiger partial charge < -0.3 is 20.3 Å². The molecule has 4 aliphatic rings. The van der Waals surface area contributed by atoms with Gasteiger partial charge in [-0.1, -0.05) is 68.0 Å². The predicted molar refractivity (Wildman–Crippen MR) is 134 cm³/mol. The molecule has 9 heteroatoms. The lowest BCUT2D eigenvalue weighted by Crippen LogP contribution is -2.56. The van der Waals surface area contributed by atoms with Crippen LogP contribution in [-0.4, -0.2) is 53.0 Å². The fourth-order valence-corrected chi connectivity index (χ4v) is 6.74. The van der Waals surface area contributed by atoms with Crippen LogP contribution in [0.4, 0.5) is 5.69 Å².